The number of carbonyl (C=O) groups excluding carboxylic acids is 1. The molecule has 0 aliphatic carbocycles. The molecule has 1 aliphatic heterocycles. The van der Waals surface area contributed by atoms with Gasteiger partial charge in [-0.15, -0.1) is 0 Å². The topological polar surface area (TPSA) is 89.0 Å². The summed E-state index contributed by atoms with van der Waals surface area (Å²) >= 11 is 0. The zero-order valence-corrected chi connectivity index (χ0v) is 11.1. The molecule has 1 N–H and O–H groups in total. The minimum absolute atomic E-state index is 0.0918. The van der Waals surface area contributed by atoms with Crippen molar-refractivity contribution in [2.24, 2.45) is 0 Å². The summed E-state index contributed by atoms with van der Waals surface area (Å²) in [5, 5.41) is 9.01. The maximum Gasteiger partial charge on any atom is 0.358 e. The van der Waals surface area contributed by atoms with Gasteiger partial charge < -0.3 is 19.5 Å². The van der Waals surface area contributed by atoms with E-state index in [1.165, 1.54) is 12.3 Å². The molecule has 20 heavy (non-hydrogen) atoms. The molecule has 0 bridgehead atoms. The number of ether oxygens (including phenoxy) is 2. The number of amides is 1. The first-order chi connectivity index (χ1) is 9.59. The molecule has 1 amide bonds. The zero-order chi connectivity index (χ0) is 14.5. The maximum absolute atomic E-state index is 12.2. The van der Waals surface area contributed by atoms with Crippen molar-refractivity contribution in [1.29, 1.82) is 0 Å². The summed E-state index contributed by atoms with van der Waals surface area (Å²) in [6.07, 6.45) is 0.598. The van der Waals surface area contributed by atoms with E-state index in [9.17, 15) is 9.59 Å². The molecule has 1 unspecified atom stereocenters. The van der Waals surface area contributed by atoms with Crippen LogP contribution in [0, 0.1) is 0 Å². The van der Waals surface area contributed by atoms with Crippen LogP contribution in [0.3, 0.4) is 0 Å². The van der Waals surface area contributed by atoms with Crippen LogP contribution in [0.15, 0.2) is 18.3 Å². The monoisotopic (exact) mass is 280 g/mol. The molecule has 108 valence electrons. The number of carboxylic acid groups (broad SMARTS) is 1. The highest BCUT2D eigenvalue weighted by Gasteiger charge is 2.25. The Bertz CT molecular complexity index is 499. The number of morpholine rings is 1. The van der Waals surface area contributed by atoms with Gasteiger partial charge in [-0.05, 0) is 19.1 Å². The Morgan fingerprint density at radius 3 is 2.80 bits per heavy atom. The van der Waals surface area contributed by atoms with E-state index in [1.54, 1.807) is 17.9 Å². The van der Waals surface area contributed by atoms with Crippen LogP contribution < -0.4 is 4.74 Å². The average molecular weight is 280 g/mol. The normalized spacial score (nSPS) is 16.6. The first kappa shape index (κ1) is 14.3. The highest BCUT2D eigenvalue weighted by Crippen LogP contribution is 2.17. The van der Waals surface area contributed by atoms with E-state index in [4.69, 9.17) is 14.6 Å². The molecule has 7 nitrogen and oxygen atoms in total. The fraction of sp³-hybridized carbons (Fsp3) is 0.462. The van der Waals surface area contributed by atoms with E-state index in [-0.39, 0.29) is 17.4 Å². The van der Waals surface area contributed by atoms with Crippen LogP contribution in [0.4, 0.5) is 0 Å². The molecule has 0 aromatic carbocycles. The third-order valence-corrected chi connectivity index (χ3v) is 2.95. The van der Waals surface area contributed by atoms with Crippen molar-refractivity contribution in [1.82, 2.24) is 9.88 Å². The predicted octanol–water partition coefficient (Wildman–Crippen LogP) is 0.406. The second-order valence-electron chi connectivity index (χ2n) is 4.35. The number of aromatic nitrogens is 1. The van der Waals surface area contributed by atoms with Gasteiger partial charge in [-0.3, -0.25) is 4.79 Å². The lowest BCUT2D eigenvalue weighted by atomic mass is 10.3. The second-order valence-corrected chi connectivity index (χ2v) is 4.35. The van der Waals surface area contributed by atoms with Crippen molar-refractivity contribution in [3.05, 3.63) is 24.0 Å². The molecule has 0 radical (unpaired) electrons. The van der Waals surface area contributed by atoms with Crippen molar-refractivity contribution >= 4 is 11.9 Å². The summed E-state index contributed by atoms with van der Waals surface area (Å²) < 4.78 is 10.6. The van der Waals surface area contributed by atoms with Crippen molar-refractivity contribution < 1.29 is 24.2 Å². The molecule has 1 saturated heterocycles. The Hall–Kier alpha value is -2.15. The quantitative estimate of drug-likeness (QED) is 0.859. The van der Waals surface area contributed by atoms with Gasteiger partial charge in [0, 0.05) is 19.3 Å². The Morgan fingerprint density at radius 2 is 2.15 bits per heavy atom. The Balaban J connectivity index is 2.05. The summed E-state index contributed by atoms with van der Waals surface area (Å²) in [6, 6.07) is 3.05. The van der Waals surface area contributed by atoms with Crippen LogP contribution in [0.1, 0.15) is 17.4 Å². The van der Waals surface area contributed by atoms with Gasteiger partial charge in [-0.1, -0.05) is 0 Å². The fourth-order valence-electron chi connectivity index (χ4n) is 1.93. The van der Waals surface area contributed by atoms with Crippen molar-refractivity contribution in [2.45, 2.75) is 13.0 Å². The number of hydrogen-bond donors (Lipinski definition) is 1. The van der Waals surface area contributed by atoms with Gasteiger partial charge in [-0.25, -0.2) is 9.78 Å². The molecule has 1 aliphatic rings. The zero-order valence-electron chi connectivity index (χ0n) is 11.1. The van der Waals surface area contributed by atoms with Gasteiger partial charge in [0.05, 0.1) is 13.2 Å². The van der Waals surface area contributed by atoms with Gasteiger partial charge in [0.15, 0.2) is 17.5 Å². The van der Waals surface area contributed by atoms with Gasteiger partial charge in [0.25, 0.3) is 5.91 Å². The number of pyridine rings is 1. The van der Waals surface area contributed by atoms with Crippen LogP contribution >= 0.6 is 0 Å². The Labute approximate surface area is 116 Å². The fourth-order valence-corrected chi connectivity index (χ4v) is 1.93. The SMILES string of the molecule is CC(Oc1cccnc1C(=O)O)C(=O)N1CCOCC1. The standard InChI is InChI=1S/C13H16N2O5/c1-9(12(16)15-5-7-19-8-6-15)20-10-3-2-4-14-11(10)13(17)18/h2-4,9H,5-8H2,1H3,(H,17,18). The van der Waals surface area contributed by atoms with Crippen molar-refractivity contribution in [3.8, 4) is 5.75 Å². The van der Waals surface area contributed by atoms with Crippen LogP contribution in [-0.4, -0.2) is 59.3 Å². The number of carbonyl (C=O) groups is 2. The molecule has 0 spiro atoms. The van der Waals surface area contributed by atoms with Gasteiger partial charge >= 0.3 is 5.97 Å². The molecule has 1 aromatic heterocycles. The van der Waals surface area contributed by atoms with E-state index in [0.29, 0.717) is 26.3 Å². The molecular formula is C13H16N2O5. The minimum atomic E-state index is -1.19. The second kappa shape index (κ2) is 6.33. The van der Waals surface area contributed by atoms with Gasteiger partial charge in [0.2, 0.25) is 0 Å². The van der Waals surface area contributed by atoms with Crippen LogP contribution in [-0.2, 0) is 9.53 Å². The number of nitrogens with zero attached hydrogens (tertiary/aromatic N) is 2. The molecule has 1 fully saturated rings. The lowest BCUT2D eigenvalue weighted by Gasteiger charge is -2.29. The number of carboxylic acids is 1. The third-order valence-electron chi connectivity index (χ3n) is 2.95. The molecular weight excluding hydrogens is 264 g/mol. The van der Waals surface area contributed by atoms with Crippen LogP contribution in [0.2, 0.25) is 0 Å². The molecule has 2 heterocycles. The Morgan fingerprint density at radius 1 is 1.45 bits per heavy atom. The summed E-state index contributed by atoms with van der Waals surface area (Å²) in [6.45, 7) is 3.64. The minimum Gasteiger partial charge on any atom is -0.478 e. The largest absolute Gasteiger partial charge is 0.478 e. The van der Waals surface area contributed by atoms with E-state index in [0.717, 1.165) is 0 Å². The summed E-state index contributed by atoms with van der Waals surface area (Å²) in [4.78, 5) is 28.6. The highest BCUT2D eigenvalue weighted by atomic mass is 16.5. The first-order valence-electron chi connectivity index (χ1n) is 6.31. The molecule has 2 rings (SSSR count). The molecule has 7 heteroatoms. The van der Waals surface area contributed by atoms with Crippen LogP contribution in [0.25, 0.3) is 0 Å². The van der Waals surface area contributed by atoms with Gasteiger partial charge in [-0.2, -0.15) is 0 Å². The lowest BCUT2D eigenvalue weighted by Crippen LogP contribution is -2.46. The van der Waals surface area contributed by atoms with E-state index >= 15 is 0 Å². The smallest absolute Gasteiger partial charge is 0.358 e. The van der Waals surface area contributed by atoms with Crippen LogP contribution in [0.5, 0.6) is 5.75 Å². The number of hydrogen-bond acceptors (Lipinski definition) is 5. The molecule has 1 aromatic rings. The van der Waals surface area contributed by atoms with Crippen molar-refractivity contribution in [2.75, 3.05) is 26.3 Å². The van der Waals surface area contributed by atoms with E-state index in [2.05, 4.69) is 4.98 Å². The number of rotatable bonds is 4. The first-order valence-corrected chi connectivity index (χ1v) is 6.31. The summed E-state index contributed by atoms with van der Waals surface area (Å²) in [5.74, 6) is -1.28. The Kier molecular flexibility index (Phi) is 4.52. The van der Waals surface area contributed by atoms with Crippen molar-refractivity contribution in [3.63, 3.8) is 0 Å². The third kappa shape index (κ3) is 3.24. The van der Waals surface area contributed by atoms with E-state index < -0.39 is 12.1 Å². The predicted molar refractivity (Wildman–Crippen MR) is 68.7 cm³/mol. The molecule has 0 saturated carbocycles. The van der Waals surface area contributed by atoms with E-state index in [1.807, 2.05) is 0 Å². The maximum atomic E-state index is 12.2. The van der Waals surface area contributed by atoms with Gasteiger partial charge in [0.1, 0.15) is 0 Å². The lowest BCUT2D eigenvalue weighted by molar-refractivity contribution is -0.142. The number of aromatic carboxylic acids is 1. The average Bonchev–Trinajstić information content (AvgIpc) is 2.47. The summed E-state index contributed by atoms with van der Waals surface area (Å²) in [7, 11) is 0. The highest BCUT2D eigenvalue weighted by molar-refractivity contribution is 5.89. The summed E-state index contributed by atoms with van der Waals surface area (Å²) in [5.41, 5.74) is -0.200. The molecule has 1 atom stereocenters.